The highest BCUT2D eigenvalue weighted by molar-refractivity contribution is 7.88. The SMILES string of the molecule is CS(=O)(=O)N1C[C@H](S)C[C@H]1CC(N)c1ccccc1.O=C(O)C(F)(F)F. The fraction of sp³-hybridized carbons (Fsp3) is 0.533. The smallest absolute Gasteiger partial charge is 0.475 e. The third-order valence-corrected chi connectivity index (χ3v) is 5.44. The number of nitrogens with two attached hydrogens (primary N) is 1. The molecule has 0 bridgehead atoms. The topological polar surface area (TPSA) is 101 Å². The van der Waals surface area contributed by atoms with Gasteiger partial charge in [0.25, 0.3) is 0 Å². The standard InChI is InChI=1S/C13H20N2O2S2.C2HF3O2/c1-19(16,17)15-9-12(18)7-11(15)8-13(14)10-5-3-2-4-6-10;3-2(4,5)1(6)7/h2-6,11-13,18H,7-9,14H2,1H3;(H,6,7)/t11-,12+,13?;/m0./s1. The molecule has 0 saturated carbocycles. The van der Waals surface area contributed by atoms with Gasteiger partial charge in [0.2, 0.25) is 10.0 Å². The Morgan fingerprint density at radius 2 is 1.88 bits per heavy atom. The summed E-state index contributed by atoms with van der Waals surface area (Å²) in [6.07, 6.45) is -2.44. The number of halogens is 3. The summed E-state index contributed by atoms with van der Waals surface area (Å²) in [6, 6.07) is 9.59. The van der Waals surface area contributed by atoms with Gasteiger partial charge in [-0.25, -0.2) is 13.2 Å². The second kappa shape index (κ2) is 9.07. The van der Waals surface area contributed by atoms with E-state index >= 15 is 0 Å². The van der Waals surface area contributed by atoms with Gasteiger partial charge in [-0.3, -0.25) is 0 Å². The molecular weight excluding hydrogens is 393 g/mol. The third-order valence-electron chi connectivity index (χ3n) is 3.76. The zero-order chi connectivity index (χ0) is 20.1. The van der Waals surface area contributed by atoms with Crippen LogP contribution in [0, 0.1) is 0 Å². The van der Waals surface area contributed by atoms with Crippen LogP contribution < -0.4 is 5.73 Å². The number of carboxylic acid groups (broad SMARTS) is 1. The van der Waals surface area contributed by atoms with Crippen LogP contribution in [0.1, 0.15) is 24.4 Å². The van der Waals surface area contributed by atoms with E-state index in [0.29, 0.717) is 13.0 Å². The highest BCUT2D eigenvalue weighted by Gasteiger charge is 2.38. The average molecular weight is 414 g/mol. The molecule has 1 saturated heterocycles. The second-order valence-electron chi connectivity index (χ2n) is 5.93. The number of alkyl halides is 3. The van der Waals surface area contributed by atoms with Crippen molar-refractivity contribution in [3.63, 3.8) is 0 Å². The van der Waals surface area contributed by atoms with Gasteiger partial charge >= 0.3 is 12.1 Å². The summed E-state index contributed by atoms with van der Waals surface area (Å²) in [4.78, 5) is 8.90. The lowest BCUT2D eigenvalue weighted by Crippen LogP contribution is -2.36. The van der Waals surface area contributed by atoms with Crippen LogP contribution in [-0.4, -0.2) is 54.1 Å². The summed E-state index contributed by atoms with van der Waals surface area (Å²) < 4.78 is 56.8. The van der Waals surface area contributed by atoms with Gasteiger partial charge in [-0.05, 0) is 18.4 Å². The number of nitrogens with zero attached hydrogens (tertiary/aromatic N) is 1. The minimum atomic E-state index is -5.08. The number of carboxylic acids is 1. The van der Waals surface area contributed by atoms with Crippen molar-refractivity contribution in [3.05, 3.63) is 35.9 Å². The average Bonchev–Trinajstić information content (AvgIpc) is 2.88. The van der Waals surface area contributed by atoms with Crippen molar-refractivity contribution < 1.29 is 31.5 Å². The van der Waals surface area contributed by atoms with Gasteiger partial charge in [0.1, 0.15) is 0 Å². The molecular formula is C15H21F3N2O4S2. The van der Waals surface area contributed by atoms with Crippen LogP contribution in [0.5, 0.6) is 0 Å². The van der Waals surface area contributed by atoms with Crippen molar-refractivity contribution in [3.8, 4) is 0 Å². The molecule has 1 aromatic carbocycles. The highest BCUT2D eigenvalue weighted by Crippen LogP contribution is 2.30. The molecule has 1 unspecified atom stereocenters. The predicted octanol–water partition coefficient (Wildman–Crippen LogP) is 2.04. The Bertz CT molecular complexity index is 699. The van der Waals surface area contributed by atoms with Crippen molar-refractivity contribution in [2.45, 2.75) is 36.4 Å². The first-order valence-electron chi connectivity index (χ1n) is 7.58. The lowest BCUT2D eigenvalue weighted by molar-refractivity contribution is -0.192. The molecule has 3 N–H and O–H groups in total. The Kier molecular flexibility index (Phi) is 7.93. The number of aliphatic carboxylic acids is 1. The number of hydrogen-bond donors (Lipinski definition) is 3. The molecule has 6 nitrogen and oxygen atoms in total. The molecule has 0 radical (unpaired) electrons. The fourth-order valence-electron chi connectivity index (χ4n) is 2.61. The van der Waals surface area contributed by atoms with Crippen LogP contribution in [-0.2, 0) is 14.8 Å². The zero-order valence-corrected chi connectivity index (χ0v) is 15.6. The first-order valence-corrected chi connectivity index (χ1v) is 9.94. The minimum absolute atomic E-state index is 0.0484. The lowest BCUT2D eigenvalue weighted by Gasteiger charge is -2.24. The van der Waals surface area contributed by atoms with Gasteiger partial charge < -0.3 is 10.8 Å². The summed E-state index contributed by atoms with van der Waals surface area (Å²) in [7, 11) is -3.18. The van der Waals surface area contributed by atoms with E-state index in [1.807, 2.05) is 30.3 Å². The number of thiol groups is 1. The van der Waals surface area contributed by atoms with Crippen LogP contribution in [0.4, 0.5) is 13.2 Å². The summed E-state index contributed by atoms with van der Waals surface area (Å²) >= 11 is 4.41. The maximum atomic E-state index is 11.8. The largest absolute Gasteiger partial charge is 0.490 e. The first-order chi connectivity index (χ1) is 11.8. The van der Waals surface area contributed by atoms with Crippen LogP contribution in [0.3, 0.4) is 0 Å². The molecule has 26 heavy (non-hydrogen) atoms. The van der Waals surface area contributed by atoms with E-state index in [2.05, 4.69) is 12.6 Å². The monoisotopic (exact) mass is 414 g/mol. The van der Waals surface area contributed by atoms with E-state index in [4.69, 9.17) is 15.6 Å². The Labute approximate surface area is 155 Å². The van der Waals surface area contributed by atoms with Gasteiger partial charge in [0, 0.05) is 23.9 Å². The van der Waals surface area contributed by atoms with Crippen molar-refractivity contribution in [1.82, 2.24) is 4.31 Å². The van der Waals surface area contributed by atoms with Gasteiger partial charge in [0.05, 0.1) is 6.26 Å². The molecule has 3 atom stereocenters. The molecule has 148 valence electrons. The van der Waals surface area contributed by atoms with E-state index < -0.39 is 22.2 Å². The second-order valence-corrected chi connectivity index (χ2v) is 8.60. The maximum absolute atomic E-state index is 11.8. The van der Waals surface area contributed by atoms with E-state index in [1.54, 1.807) is 0 Å². The van der Waals surface area contributed by atoms with Crippen molar-refractivity contribution >= 4 is 28.6 Å². The van der Waals surface area contributed by atoms with Gasteiger partial charge in [-0.1, -0.05) is 30.3 Å². The molecule has 11 heteroatoms. The van der Waals surface area contributed by atoms with Crippen molar-refractivity contribution in [1.29, 1.82) is 0 Å². The molecule has 0 aromatic heterocycles. The Morgan fingerprint density at radius 1 is 1.38 bits per heavy atom. The van der Waals surface area contributed by atoms with E-state index in [1.165, 1.54) is 10.6 Å². The van der Waals surface area contributed by atoms with Crippen LogP contribution >= 0.6 is 12.6 Å². The van der Waals surface area contributed by atoms with Crippen LogP contribution in [0.15, 0.2) is 30.3 Å². The van der Waals surface area contributed by atoms with Gasteiger partial charge in [-0.2, -0.15) is 30.1 Å². The molecule has 0 aliphatic carbocycles. The minimum Gasteiger partial charge on any atom is -0.475 e. The molecule has 1 aliphatic rings. The third kappa shape index (κ3) is 7.14. The van der Waals surface area contributed by atoms with E-state index in [-0.39, 0.29) is 17.3 Å². The Hall–Kier alpha value is -1.30. The molecule has 1 aromatic rings. The number of benzene rings is 1. The Morgan fingerprint density at radius 3 is 2.31 bits per heavy atom. The number of rotatable bonds is 4. The lowest BCUT2D eigenvalue weighted by atomic mass is 9.99. The zero-order valence-electron chi connectivity index (χ0n) is 13.9. The number of hydrogen-bond acceptors (Lipinski definition) is 5. The molecule has 2 rings (SSSR count). The molecule has 0 spiro atoms. The maximum Gasteiger partial charge on any atom is 0.490 e. The number of carbonyl (C=O) groups is 1. The molecule has 0 amide bonds. The first kappa shape index (κ1) is 22.7. The highest BCUT2D eigenvalue weighted by atomic mass is 32.2. The normalized spacial score (nSPS) is 22.4. The summed E-state index contributed by atoms with van der Waals surface area (Å²) in [5, 5.41) is 7.22. The Balaban J connectivity index is 0.000000412. The summed E-state index contributed by atoms with van der Waals surface area (Å²) in [5.41, 5.74) is 7.22. The van der Waals surface area contributed by atoms with Crippen molar-refractivity contribution in [2.75, 3.05) is 12.8 Å². The quantitative estimate of drug-likeness (QED) is 0.655. The van der Waals surface area contributed by atoms with Gasteiger partial charge in [-0.15, -0.1) is 0 Å². The molecule has 1 heterocycles. The van der Waals surface area contributed by atoms with Crippen molar-refractivity contribution in [2.24, 2.45) is 5.73 Å². The summed E-state index contributed by atoms with van der Waals surface area (Å²) in [6.45, 7) is 0.480. The van der Waals surface area contributed by atoms with Crippen LogP contribution in [0.2, 0.25) is 0 Å². The van der Waals surface area contributed by atoms with Crippen LogP contribution in [0.25, 0.3) is 0 Å². The number of sulfonamides is 1. The van der Waals surface area contributed by atoms with E-state index in [9.17, 15) is 21.6 Å². The molecule has 1 fully saturated rings. The predicted molar refractivity (Wildman–Crippen MR) is 94.4 cm³/mol. The molecule has 1 aliphatic heterocycles. The van der Waals surface area contributed by atoms with E-state index in [0.717, 1.165) is 12.0 Å². The summed E-state index contributed by atoms with van der Waals surface area (Å²) in [5.74, 6) is -2.76. The van der Waals surface area contributed by atoms with Gasteiger partial charge in [0.15, 0.2) is 0 Å². The fourth-order valence-corrected chi connectivity index (χ4v) is 4.31.